The predicted octanol–water partition coefficient (Wildman–Crippen LogP) is 2.44. The standard InChI is InChI=1S/C9H20O/c1-5-6-9(7(2)3)8(4)10/h7-10H,5-6H2,1-4H3. The van der Waals surface area contributed by atoms with Gasteiger partial charge in [0.1, 0.15) is 0 Å². The minimum absolute atomic E-state index is 0.139. The summed E-state index contributed by atoms with van der Waals surface area (Å²) >= 11 is 0. The molecular weight excluding hydrogens is 124 g/mol. The molecule has 2 unspecified atom stereocenters. The van der Waals surface area contributed by atoms with Crippen LogP contribution in [0, 0.1) is 11.8 Å². The zero-order valence-electron chi connectivity index (χ0n) is 7.59. The molecule has 0 aromatic rings. The monoisotopic (exact) mass is 144 g/mol. The van der Waals surface area contributed by atoms with Crippen molar-refractivity contribution in [1.82, 2.24) is 0 Å². The van der Waals surface area contributed by atoms with E-state index in [9.17, 15) is 5.11 Å². The van der Waals surface area contributed by atoms with E-state index in [1.54, 1.807) is 0 Å². The Kier molecular flexibility index (Phi) is 4.71. The van der Waals surface area contributed by atoms with Gasteiger partial charge < -0.3 is 5.11 Å². The molecule has 1 nitrogen and oxygen atoms in total. The smallest absolute Gasteiger partial charge is 0.0542 e. The van der Waals surface area contributed by atoms with Gasteiger partial charge in [-0.3, -0.25) is 0 Å². The van der Waals surface area contributed by atoms with Gasteiger partial charge >= 0.3 is 0 Å². The summed E-state index contributed by atoms with van der Waals surface area (Å²) in [6.45, 7) is 8.40. The average Bonchev–Trinajstić information content (AvgIpc) is 1.81. The highest BCUT2D eigenvalue weighted by Crippen LogP contribution is 2.20. The molecule has 1 heteroatoms. The maximum atomic E-state index is 9.31. The molecule has 0 bridgehead atoms. The van der Waals surface area contributed by atoms with Crippen LogP contribution in [-0.2, 0) is 0 Å². The van der Waals surface area contributed by atoms with Gasteiger partial charge in [0.2, 0.25) is 0 Å². The van der Waals surface area contributed by atoms with Crippen LogP contribution in [0.1, 0.15) is 40.5 Å². The molecule has 0 saturated heterocycles. The molecule has 10 heavy (non-hydrogen) atoms. The van der Waals surface area contributed by atoms with Crippen LogP contribution in [0.25, 0.3) is 0 Å². The van der Waals surface area contributed by atoms with E-state index >= 15 is 0 Å². The Bertz CT molecular complexity index is 68.8. The van der Waals surface area contributed by atoms with Crippen molar-refractivity contribution in [3.8, 4) is 0 Å². The fraction of sp³-hybridized carbons (Fsp3) is 1.00. The first-order valence-electron chi connectivity index (χ1n) is 4.27. The number of rotatable bonds is 4. The molecule has 2 atom stereocenters. The molecular formula is C9H20O. The Morgan fingerprint density at radius 2 is 1.70 bits per heavy atom. The zero-order chi connectivity index (χ0) is 8.15. The normalized spacial score (nSPS) is 17.4. The highest BCUT2D eigenvalue weighted by molar-refractivity contribution is 4.67. The fourth-order valence-corrected chi connectivity index (χ4v) is 1.46. The summed E-state index contributed by atoms with van der Waals surface area (Å²) < 4.78 is 0. The van der Waals surface area contributed by atoms with Gasteiger partial charge in [-0.1, -0.05) is 27.2 Å². The van der Waals surface area contributed by atoms with E-state index in [0.717, 1.165) is 6.42 Å². The molecule has 0 fully saturated rings. The maximum Gasteiger partial charge on any atom is 0.0542 e. The largest absolute Gasteiger partial charge is 0.393 e. The van der Waals surface area contributed by atoms with Gasteiger partial charge in [0, 0.05) is 0 Å². The molecule has 0 radical (unpaired) electrons. The zero-order valence-corrected chi connectivity index (χ0v) is 7.59. The van der Waals surface area contributed by atoms with Crippen molar-refractivity contribution in [1.29, 1.82) is 0 Å². The summed E-state index contributed by atoms with van der Waals surface area (Å²) in [6, 6.07) is 0. The van der Waals surface area contributed by atoms with Gasteiger partial charge in [-0.05, 0) is 25.2 Å². The lowest BCUT2D eigenvalue weighted by molar-refractivity contribution is 0.0914. The van der Waals surface area contributed by atoms with Crippen LogP contribution < -0.4 is 0 Å². The molecule has 62 valence electrons. The number of hydrogen-bond donors (Lipinski definition) is 1. The van der Waals surface area contributed by atoms with E-state index in [4.69, 9.17) is 0 Å². The Morgan fingerprint density at radius 3 is 1.80 bits per heavy atom. The second-order valence-corrected chi connectivity index (χ2v) is 3.44. The highest BCUT2D eigenvalue weighted by atomic mass is 16.3. The van der Waals surface area contributed by atoms with E-state index in [1.807, 2.05) is 6.92 Å². The van der Waals surface area contributed by atoms with Crippen LogP contribution in [0.5, 0.6) is 0 Å². The minimum Gasteiger partial charge on any atom is -0.393 e. The van der Waals surface area contributed by atoms with Gasteiger partial charge in [-0.15, -0.1) is 0 Å². The lowest BCUT2D eigenvalue weighted by atomic mass is 9.87. The average molecular weight is 144 g/mol. The SMILES string of the molecule is CCCC(C(C)C)C(C)O. The van der Waals surface area contributed by atoms with E-state index in [-0.39, 0.29) is 6.10 Å². The van der Waals surface area contributed by atoms with E-state index < -0.39 is 0 Å². The molecule has 0 amide bonds. The van der Waals surface area contributed by atoms with Crippen LogP contribution in [0.15, 0.2) is 0 Å². The maximum absolute atomic E-state index is 9.31. The summed E-state index contributed by atoms with van der Waals surface area (Å²) in [7, 11) is 0. The number of aliphatic hydroxyl groups is 1. The van der Waals surface area contributed by atoms with Crippen molar-refractivity contribution in [3.63, 3.8) is 0 Å². The number of hydrogen-bond acceptors (Lipinski definition) is 1. The van der Waals surface area contributed by atoms with Crippen molar-refractivity contribution >= 4 is 0 Å². The van der Waals surface area contributed by atoms with Crippen molar-refractivity contribution in [2.24, 2.45) is 11.8 Å². The predicted molar refractivity (Wildman–Crippen MR) is 44.9 cm³/mol. The fourth-order valence-electron chi connectivity index (χ4n) is 1.46. The minimum atomic E-state index is -0.139. The van der Waals surface area contributed by atoms with Crippen molar-refractivity contribution in [2.45, 2.75) is 46.6 Å². The third-order valence-corrected chi connectivity index (χ3v) is 2.10. The lowest BCUT2D eigenvalue weighted by Crippen LogP contribution is -2.21. The van der Waals surface area contributed by atoms with Crippen LogP contribution in [0.4, 0.5) is 0 Å². The number of aliphatic hydroxyl groups excluding tert-OH is 1. The summed E-state index contributed by atoms with van der Waals surface area (Å²) in [5, 5.41) is 9.31. The Hall–Kier alpha value is -0.0400. The van der Waals surface area contributed by atoms with Gasteiger partial charge in [0.25, 0.3) is 0 Å². The van der Waals surface area contributed by atoms with Crippen LogP contribution >= 0.6 is 0 Å². The molecule has 0 aliphatic heterocycles. The summed E-state index contributed by atoms with van der Waals surface area (Å²) in [6.07, 6.45) is 2.18. The van der Waals surface area contributed by atoms with E-state index in [0.29, 0.717) is 11.8 Å². The molecule has 0 aliphatic rings. The van der Waals surface area contributed by atoms with Gasteiger partial charge in [0.05, 0.1) is 6.10 Å². The van der Waals surface area contributed by atoms with Gasteiger partial charge in [-0.25, -0.2) is 0 Å². The Morgan fingerprint density at radius 1 is 1.20 bits per heavy atom. The summed E-state index contributed by atoms with van der Waals surface area (Å²) in [4.78, 5) is 0. The lowest BCUT2D eigenvalue weighted by Gasteiger charge is -2.22. The van der Waals surface area contributed by atoms with Gasteiger partial charge in [-0.2, -0.15) is 0 Å². The van der Waals surface area contributed by atoms with Crippen molar-refractivity contribution in [3.05, 3.63) is 0 Å². The van der Waals surface area contributed by atoms with Crippen LogP contribution in [0.2, 0.25) is 0 Å². The molecule has 0 saturated carbocycles. The van der Waals surface area contributed by atoms with Crippen molar-refractivity contribution < 1.29 is 5.11 Å². The molecule has 0 aromatic carbocycles. The van der Waals surface area contributed by atoms with Crippen LogP contribution in [-0.4, -0.2) is 11.2 Å². The first-order valence-corrected chi connectivity index (χ1v) is 4.27. The highest BCUT2D eigenvalue weighted by Gasteiger charge is 2.16. The molecule has 0 aromatic heterocycles. The van der Waals surface area contributed by atoms with Gasteiger partial charge in [0.15, 0.2) is 0 Å². The molecule has 1 N–H and O–H groups in total. The summed E-state index contributed by atoms with van der Waals surface area (Å²) in [5.41, 5.74) is 0. The second-order valence-electron chi connectivity index (χ2n) is 3.44. The van der Waals surface area contributed by atoms with E-state index in [2.05, 4.69) is 20.8 Å². The molecule has 0 rings (SSSR count). The molecule has 0 heterocycles. The molecule has 0 spiro atoms. The van der Waals surface area contributed by atoms with Crippen LogP contribution in [0.3, 0.4) is 0 Å². The van der Waals surface area contributed by atoms with E-state index in [1.165, 1.54) is 6.42 Å². The Balaban J connectivity index is 3.73. The first-order chi connectivity index (χ1) is 4.59. The summed E-state index contributed by atoms with van der Waals surface area (Å²) in [5.74, 6) is 1.10. The first kappa shape index (κ1) is 9.96. The third-order valence-electron chi connectivity index (χ3n) is 2.10. The second kappa shape index (κ2) is 4.73. The quantitative estimate of drug-likeness (QED) is 0.642. The third kappa shape index (κ3) is 3.21. The molecule has 0 aliphatic carbocycles. The topological polar surface area (TPSA) is 20.2 Å². The Labute approximate surface area is 64.5 Å². The van der Waals surface area contributed by atoms with Crippen molar-refractivity contribution in [2.75, 3.05) is 0 Å².